The number of thioether (sulfide) groups is 1. The minimum Gasteiger partial charge on any atom is -0.394 e. The number of pyridine rings is 1. The predicted octanol–water partition coefficient (Wildman–Crippen LogP) is 2.68. The lowest BCUT2D eigenvalue weighted by molar-refractivity contribution is -0.137. The Hall–Kier alpha value is -0.790. The summed E-state index contributed by atoms with van der Waals surface area (Å²) in [7, 11) is 0. The Labute approximate surface area is 114 Å². The molecule has 0 aliphatic carbocycles. The number of halogens is 3. The highest BCUT2D eigenvalue weighted by molar-refractivity contribution is 7.99. The van der Waals surface area contributed by atoms with Crippen molar-refractivity contribution in [3.8, 4) is 0 Å². The largest absolute Gasteiger partial charge is 0.417 e. The third-order valence-corrected chi connectivity index (χ3v) is 3.55. The maximum absolute atomic E-state index is 12.4. The Kier molecular flexibility index (Phi) is 5.23. The molecule has 0 aliphatic heterocycles. The summed E-state index contributed by atoms with van der Waals surface area (Å²) < 4.78 is 37.1. The number of hydrogen-bond donors (Lipinski definition) is 2. The lowest BCUT2D eigenvalue weighted by atomic mass is 9.99. The molecular weight excluding hydrogens is 277 g/mol. The molecule has 0 aliphatic rings. The number of aromatic nitrogens is 1. The number of aliphatic hydroxyl groups is 1. The van der Waals surface area contributed by atoms with Crippen molar-refractivity contribution in [2.45, 2.75) is 42.3 Å². The van der Waals surface area contributed by atoms with Gasteiger partial charge in [-0.25, -0.2) is 4.98 Å². The van der Waals surface area contributed by atoms with Crippen LogP contribution in [0.2, 0.25) is 0 Å². The van der Waals surface area contributed by atoms with Gasteiger partial charge in [0, 0.05) is 17.0 Å². The summed E-state index contributed by atoms with van der Waals surface area (Å²) in [5.41, 5.74) is 4.36. The maximum atomic E-state index is 12.4. The van der Waals surface area contributed by atoms with Crippen LogP contribution in [0, 0.1) is 0 Å². The van der Waals surface area contributed by atoms with Crippen LogP contribution in [-0.2, 0) is 6.18 Å². The minimum absolute atomic E-state index is 0.0476. The summed E-state index contributed by atoms with van der Waals surface area (Å²) in [5.74, 6) is 0. The lowest BCUT2D eigenvalue weighted by Gasteiger charge is -2.25. The molecule has 0 aromatic carbocycles. The number of rotatable bonds is 5. The van der Waals surface area contributed by atoms with Crippen molar-refractivity contribution in [3.05, 3.63) is 23.9 Å². The van der Waals surface area contributed by atoms with Crippen molar-refractivity contribution in [3.63, 3.8) is 0 Å². The second-order valence-electron chi connectivity index (χ2n) is 4.83. The minimum atomic E-state index is -4.37. The monoisotopic (exact) mass is 294 g/mol. The summed E-state index contributed by atoms with van der Waals surface area (Å²) in [5, 5.41) is 9.62. The van der Waals surface area contributed by atoms with Gasteiger partial charge in [-0.05, 0) is 25.5 Å². The first kappa shape index (κ1) is 16.3. The van der Waals surface area contributed by atoms with Crippen LogP contribution < -0.4 is 5.73 Å². The van der Waals surface area contributed by atoms with E-state index in [0.717, 1.165) is 12.3 Å². The molecule has 0 bridgehead atoms. The average molecular weight is 294 g/mol. The molecule has 1 heterocycles. The fourth-order valence-electron chi connectivity index (χ4n) is 1.59. The van der Waals surface area contributed by atoms with Crippen LogP contribution in [0.15, 0.2) is 23.4 Å². The molecule has 1 aromatic rings. The molecule has 1 rings (SSSR count). The average Bonchev–Trinajstić information content (AvgIpc) is 2.27. The Morgan fingerprint density at radius 3 is 2.47 bits per heavy atom. The van der Waals surface area contributed by atoms with E-state index in [9.17, 15) is 13.2 Å². The van der Waals surface area contributed by atoms with Gasteiger partial charge in [0.25, 0.3) is 0 Å². The first-order valence-corrected chi connectivity index (χ1v) is 6.62. The van der Waals surface area contributed by atoms with Gasteiger partial charge in [0.1, 0.15) is 0 Å². The van der Waals surface area contributed by atoms with E-state index < -0.39 is 17.3 Å². The van der Waals surface area contributed by atoms with Gasteiger partial charge in [-0.15, -0.1) is 11.8 Å². The van der Waals surface area contributed by atoms with Gasteiger partial charge in [-0.2, -0.15) is 13.2 Å². The normalized spacial score (nSPS) is 17.0. The Morgan fingerprint density at radius 1 is 1.42 bits per heavy atom. The molecule has 0 fully saturated rings. The molecule has 7 heteroatoms. The van der Waals surface area contributed by atoms with E-state index in [4.69, 9.17) is 10.8 Å². The summed E-state index contributed by atoms with van der Waals surface area (Å²) in [6, 6.07) is 2.35. The smallest absolute Gasteiger partial charge is 0.394 e. The van der Waals surface area contributed by atoms with Crippen molar-refractivity contribution >= 4 is 11.8 Å². The topological polar surface area (TPSA) is 59.1 Å². The summed E-state index contributed by atoms with van der Waals surface area (Å²) >= 11 is 1.34. The molecule has 2 atom stereocenters. The van der Waals surface area contributed by atoms with E-state index >= 15 is 0 Å². The molecule has 0 saturated heterocycles. The fraction of sp³-hybridized carbons (Fsp3) is 0.583. The van der Waals surface area contributed by atoms with Gasteiger partial charge in [0.05, 0.1) is 17.2 Å². The second kappa shape index (κ2) is 6.11. The zero-order chi connectivity index (χ0) is 14.7. The van der Waals surface area contributed by atoms with E-state index in [2.05, 4.69) is 4.98 Å². The molecule has 0 saturated carbocycles. The van der Waals surface area contributed by atoms with Crippen molar-refractivity contribution in [2.24, 2.45) is 5.73 Å². The van der Waals surface area contributed by atoms with Gasteiger partial charge in [0.15, 0.2) is 0 Å². The molecule has 2 unspecified atom stereocenters. The Morgan fingerprint density at radius 2 is 2.05 bits per heavy atom. The first-order valence-electron chi connectivity index (χ1n) is 5.74. The van der Waals surface area contributed by atoms with Crippen LogP contribution in [-0.4, -0.2) is 27.5 Å². The van der Waals surface area contributed by atoms with Gasteiger partial charge in [0.2, 0.25) is 0 Å². The van der Waals surface area contributed by atoms with E-state index in [1.165, 1.54) is 17.8 Å². The van der Waals surface area contributed by atoms with Crippen LogP contribution >= 0.6 is 11.8 Å². The van der Waals surface area contributed by atoms with Crippen molar-refractivity contribution in [2.75, 3.05) is 6.61 Å². The standard InChI is InChI=1S/C12H17F3N2OS/c1-8(5-11(2,16)7-18)19-10-4-3-9(6-17-10)12(13,14)15/h3-4,6,8,18H,5,7,16H2,1-2H3. The van der Waals surface area contributed by atoms with E-state index in [0.29, 0.717) is 11.4 Å². The molecule has 0 spiro atoms. The molecular formula is C12H17F3N2OS. The highest BCUT2D eigenvalue weighted by Crippen LogP contribution is 2.31. The maximum Gasteiger partial charge on any atom is 0.417 e. The van der Waals surface area contributed by atoms with Gasteiger partial charge in [-0.3, -0.25) is 0 Å². The molecule has 108 valence electrons. The predicted molar refractivity (Wildman–Crippen MR) is 68.9 cm³/mol. The summed E-state index contributed by atoms with van der Waals surface area (Å²) in [4.78, 5) is 3.78. The number of alkyl halides is 3. The van der Waals surface area contributed by atoms with Gasteiger partial charge >= 0.3 is 6.18 Å². The Balaban J connectivity index is 2.63. The van der Waals surface area contributed by atoms with Crippen LogP contribution in [0.25, 0.3) is 0 Å². The number of aliphatic hydroxyl groups excluding tert-OH is 1. The summed E-state index contributed by atoms with van der Waals surface area (Å²) in [6.45, 7) is 3.48. The van der Waals surface area contributed by atoms with Crippen LogP contribution in [0.4, 0.5) is 13.2 Å². The molecule has 0 amide bonds. The zero-order valence-electron chi connectivity index (χ0n) is 10.7. The van der Waals surface area contributed by atoms with Gasteiger partial charge in [-0.1, -0.05) is 6.92 Å². The van der Waals surface area contributed by atoms with Crippen molar-refractivity contribution in [1.29, 1.82) is 0 Å². The van der Waals surface area contributed by atoms with Crippen molar-refractivity contribution < 1.29 is 18.3 Å². The van der Waals surface area contributed by atoms with Crippen LogP contribution in [0.3, 0.4) is 0 Å². The second-order valence-corrected chi connectivity index (χ2v) is 6.29. The highest BCUT2D eigenvalue weighted by Gasteiger charge is 2.30. The molecule has 3 nitrogen and oxygen atoms in total. The third kappa shape index (κ3) is 5.38. The first-order chi connectivity index (χ1) is 8.64. The van der Waals surface area contributed by atoms with Crippen LogP contribution in [0.1, 0.15) is 25.8 Å². The molecule has 19 heavy (non-hydrogen) atoms. The lowest BCUT2D eigenvalue weighted by Crippen LogP contribution is -2.42. The highest BCUT2D eigenvalue weighted by atomic mass is 32.2. The summed E-state index contributed by atoms with van der Waals surface area (Å²) in [6.07, 6.45) is -3.01. The van der Waals surface area contributed by atoms with E-state index in [1.807, 2.05) is 6.92 Å². The SMILES string of the molecule is CC(CC(C)(N)CO)Sc1ccc(C(F)(F)F)cn1. The number of hydrogen-bond acceptors (Lipinski definition) is 4. The van der Waals surface area contributed by atoms with Crippen molar-refractivity contribution in [1.82, 2.24) is 4.98 Å². The molecule has 0 radical (unpaired) electrons. The third-order valence-electron chi connectivity index (χ3n) is 2.50. The van der Waals surface area contributed by atoms with E-state index in [1.54, 1.807) is 6.92 Å². The molecule has 1 aromatic heterocycles. The quantitative estimate of drug-likeness (QED) is 0.820. The molecule has 3 N–H and O–H groups in total. The number of nitrogens with zero attached hydrogens (tertiary/aromatic N) is 1. The van der Waals surface area contributed by atoms with Gasteiger partial charge < -0.3 is 10.8 Å². The Bertz CT molecular complexity index is 406. The zero-order valence-corrected chi connectivity index (χ0v) is 11.6. The van der Waals surface area contributed by atoms with Crippen LogP contribution in [0.5, 0.6) is 0 Å². The fourth-order valence-corrected chi connectivity index (χ4v) is 2.72. The van der Waals surface area contributed by atoms with E-state index in [-0.39, 0.29) is 11.9 Å². The number of nitrogens with two attached hydrogens (primary N) is 1.